The monoisotopic (exact) mass is 303 g/mol. The molecule has 0 radical (unpaired) electrons. The van der Waals surface area contributed by atoms with Gasteiger partial charge in [0.2, 0.25) is 0 Å². The van der Waals surface area contributed by atoms with E-state index >= 15 is 0 Å². The van der Waals surface area contributed by atoms with Crippen molar-refractivity contribution in [1.82, 2.24) is 9.80 Å². The zero-order valence-corrected chi connectivity index (χ0v) is 14.6. The first kappa shape index (κ1) is 16.8. The summed E-state index contributed by atoms with van der Waals surface area (Å²) in [5, 5.41) is 3.12. The standard InChI is InChI=1S/C18H29N3O/c1-6-15-9-7-8-14(2)16(15)19-17(22)20-10-12-21(13-11-20)18(3,4)5/h7-9H,6,10-13H2,1-5H3,(H,19,22). The van der Waals surface area contributed by atoms with Gasteiger partial charge in [-0.15, -0.1) is 0 Å². The molecule has 2 rings (SSSR count). The van der Waals surface area contributed by atoms with E-state index in [0.717, 1.165) is 43.9 Å². The SMILES string of the molecule is CCc1cccc(C)c1NC(=O)N1CCN(C(C)(C)C)CC1. The summed E-state index contributed by atoms with van der Waals surface area (Å²) in [5.41, 5.74) is 3.48. The Kier molecular flexibility index (Phi) is 5.12. The number of benzene rings is 1. The third-order valence-electron chi connectivity index (χ3n) is 4.49. The summed E-state index contributed by atoms with van der Waals surface area (Å²) in [7, 11) is 0. The lowest BCUT2D eigenvalue weighted by Gasteiger charge is -2.42. The van der Waals surface area contributed by atoms with Gasteiger partial charge < -0.3 is 10.2 Å². The molecule has 1 aromatic rings. The van der Waals surface area contributed by atoms with Gasteiger partial charge >= 0.3 is 6.03 Å². The molecule has 22 heavy (non-hydrogen) atoms. The van der Waals surface area contributed by atoms with Crippen LogP contribution in [0, 0.1) is 6.92 Å². The maximum Gasteiger partial charge on any atom is 0.321 e. The molecule has 0 atom stereocenters. The molecule has 122 valence electrons. The lowest BCUT2D eigenvalue weighted by atomic mass is 10.0. The molecule has 0 bridgehead atoms. The fraction of sp³-hybridized carbons (Fsp3) is 0.611. The highest BCUT2D eigenvalue weighted by atomic mass is 16.2. The van der Waals surface area contributed by atoms with Gasteiger partial charge in [0, 0.05) is 37.4 Å². The highest BCUT2D eigenvalue weighted by molar-refractivity contribution is 5.91. The van der Waals surface area contributed by atoms with E-state index in [2.05, 4.69) is 44.0 Å². The van der Waals surface area contributed by atoms with Gasteiger partial charge in [-0.3, -0.25) is 4.90 Å². The van der Waals surface area contributed by atoms with Crippen molar-refractivity contribution in [3.8, 4) is 0 Å². The molecule has 0 aliphatic carbocycles. The number of rotatable bonds is 2. The fourth-order valence-electron chi connectivity index (χ4n) is 2.97. The van der Waals surface area contributed by atoms with Gasteiger partial charge in [-0.1, -0.05) is 25.1 Å². The van der Waals surface area contributed by atoms with Crippen molar-refractivity contribution in [2.45, 2.75) is 46.6 Å². The second kappa shape index (κ2) is 6.69. The summed E-state index contributed by atoms with van der Waals surface area (Å²) in [6.45, 7) is 14.3. The molecule has 0 saturated carbocycles. The Morgan fingerprint density at radius 2 is 1.82 bits per heavy atom. The summed E-state index contributed by atoms with van der Waals surface area (Å²) in [6.07, 6.45) is 0.926. The average molecular weight is 303 g/mol. The molecular formula is C18H29N3O. The summed E-state index contributed by atoms with van der Waals surface area (Å²) in [5.74, 6) is 0. The van der Waals surface area contributed by atoms with Crippen LogP contribution in [0.25, 0.3) is 0 Å². The number of aryl methyl sites for hydroxylation is 2. The van der Waals surface area contributed by atoms with Crippen molar-refractivity contribution in [3.63, 3.8) is 0 Å². The van der Waals surface area contributed by atoms with E-state index in [4.69, 9.17) is 0 Å². The number of carbonyl (C=O) groups is 1. The van der Waals surface area contributed by atoms with E-state index in [1.165, 1.54) is 5.56 Å². The van der Waals surface area contributed by atoms with E-state index in [1.807, 2.05) is 24.0 Å². The molecule has 1 N–H and O–H groups in total. The second-order valence-corrected chi connectivity index (χ2v) is 7.04. The molecule has 1 heterocycles. The van der Waals surface area contributed by atoms with Crippen molar-refractivity contribution < 1.29 is 4.79 Å². The molecular weight excluding hydrogens is 274 g/mol. The van der Waals surface area contributed by atoms with Crippen molar-refractivity contribution in [2.75, 3.05) is 31.5 Å². The van der Waals surface area contributed by atoms with Gasteiger partial charge in [-0.05, 0) is 45.2 Å². The summed E-state index contributed by atoms with van der Waals surface area (Å²) < 4.78 is 0. The van der Waals surface area contributed by atoms with Crippen LogP contribution in [0.5, 0.6) is 0 Å². The second-order valence-electron chi connectivity index (χ2n) is 7.04. The Labute approximate surface area is 134 Å². The number of nitrogens with one attached hydrogen (secondary N) is 1. The predicted octanol–water partition coefficient (Wildman–Crippen LogP) is 3.51. The summed E-state index contributed by atoms with van der Waals surface area (Å²) in [6, 6.07) is 6.20. The van der Waals surface area contributed by atoms with Crippen LogP contribution in [-0.2, 0) is 6.42 Å². The first-order valence-corrected chi connectivity index (χ1v) is 8.22. The molecule has 4 heteroatoms. The lowest BCUT2D eigenvalue weighted by Crippen LogP contribution is -2.55. The highest BCUT2D eigenvalue weighted by Gasteiger charge is 2.28. The lowest BCUT2D eigenvalue weighted by molar-refractivity contribution is 0.0774. The molecule has 1 fully saturated rings. The van der Waals surface area contributed by atoms with E-state index in [-0.39, 0.29) is 11.6 Å². The minimum Gasteiger partial charge on any atom is -0.322 e. The van der Waals surface area contributed by atoms with E-state index in [1.54, 1.807) is 0 Å². The zero-order chi connectivity index (χ0) is 16.3. The Bertz CT molecular complexity index is 526. The molecule has 1 aliphatic rings. The van der Waals surface area contributed by atoms with Crippen molar-refractivity contribution in [3.05, 3.63) is 29.3 Å². The van der Waals surface area contributed by atoms with Crippen LogP contribution in [0.2, 0.25) is 0 Å². The fourth-order valence-corrected chi connectivity index (χ4v) is 2.97. The van der Waals surface area contributed by atoms with Crippen LogP contribution < -0.4 is 5.32 Å². The largest absolute Gasteiger partial charge is 0.322 e. The van der Waals surface area contributed by atoms with Crippen LogP contribution in [0.15, 0.2) is 18.2 Å². The topological polar surface area (TPSA) is 35.6 Å². The van der Waals surface area contributed by atoms with Gasteiger partial charge in [-0.25, -0.2) is 4.79 Å². The highest BCUT2D eigenvalue weighted by Crippen LogP contribution is 2.22. The number of carbonyl (C=O) groups excluding carboxylic acids is 1. The number of nitrogens with zero attached hydrogens (tertiary/aromatic N) is 2. The smallest absolute Gasteiger partial charge is 0.321 e. The third-order valence-corrected chi connectivity index (χ3v) is 4.49. The number of hydrogen-bond donors (Lipinski definition) is 1. The van der Waals surface area contributed by atoms with Crippen LogP contribution in [0.3, 0.4) is 0 Å². The molecule has 1 aromatic carbocycles. The van der Waals surface area contributed by atoms with Crippen molar-refractivity contribution in [1.29, 1.82) is 0 Å². The zero-order valence-electron chi connectivity index (χ0n) is 14.6. The molecule has 0 unspecified atom stereocenters. The Morgan fingerprint density at radius 3 is 2.36 bits per heavy atom. The molecule has 0 spiro atoms. The number of piperazine rings is 1. The number of urea groups is 1. The normalized spacial score (nSPS) is 16.7. The minimum atomic E-state index is 0.0255. The third kappa shape index (κ3) is 3.80. The Balaban J connectivity index is 2.00. The minimum absolute atomic E-state index is 0.0255. The van der Waals surface area contributed by atoms with Gasteiger partial charge in [0.05, 0.1) is 0 Å². The van der Waals surface area contributed by atoms with E-state index in [0.29, 0.717) is 0 Å². The Hall–Kier alpha value is -1.55. The van der Waals surface area contributed by atoms with Gasteiger partial charge in [0.1, 0.15) is 0 Å². The Morgan fingerprint density at radius 1 is 1.18 bits per heavy atom. The number of anilines is 1. The first-order chi connectivity index (χ1) is 10.3. The van der Waals surface area contributed by atoms with Crippen molar-refractivity contribution >= 4 is 11.7 Å². The number of amides is 2. The number of para-hydroxylation sites is 1. The van der Waals surface area contributed by atoms with Crippen molar-refractivity contribution in [2.24, 2.45) is 0 Å². The number of hydrogen-bond acceptors (Lipinski definition) is 2. The molecule has 2 amide bonds. The summed E-state index contributed by atoms with van der Waals surface area (Å²) >= 11 is 0. The predicted molar refractivity (Wildman–Crippen MR) is 92.5 cm³/mol. The maximum atomic E-state index is 12.5. The first-order valence-electron chi connectivity index (χ1n) is 8.22. The molecule has 1 aliphatic heterocycles. The molecule has 1 saturated heterocycles. The van der Waals surface area contributed by atoms with Crippen LogP contribution in [0.4, 0.5) is 10.5 Å². The average Bonchev–Trinajstić information content (AvgIpc) is 2.48. The van der Waals surface area contributed by atoms with Crippen LogP contribution >= 0.6 is 0 Å². The van der Waals surface area contributed by atoms with Crippen LogP contribution in [-0.4, -0.2) is 47.5 Å². The van der Waals surface area contributed by atoms with E-state index in [9.17, 15) is 4.79 Å². The van der Waals surface area contributed by atoms with E-state index < -0.39 is 0 Å². The molecule has 0 aromatic heterocycles. The van der Waals surface area contributed by atoms with Gasteiger partial charge in [0.15, 0.2) is 0 Å². The molecule has 4 nitrogen and oxygen atoms in total. The van der Waals surface area contributed by atoms with Crippen LogP contribution in [0.1, 0.15) is 38.8 Å². The van der Waals surface area contributed by atoms with Gasteiger partial charge in [-0.2, -0.15) is 0 Å². The van der Waals surface area contributed by atoms with Gasteiger partial charge in [0.25, 0.3) is 0 Å². The summed E-state index contributed by atoms with van der Waals surface area (Å²) in [4.78, 5) is 16.9. The quantitative estimate of drug-likeness (QED) is 0.907. The maximum absolute atomic E-state index is 12.5.